The van der Waals surface area contributed by atoms with Crippen LogP contribution in [0.1, 0.15) is 43.5 Å². The second-order valence-corrected chi connectivity index (χ2v) is 5.71. The van der Waals surface area contributed by atoms with E-state index in [2.05, 4.69) is 0 Å². The molecule has 2 heterocycles. The Morgan fingerprint density at radius 3 is 2.61 bits per heavy atom. The van der Waals surface area contributed by atoms with Crippen LogP contribution < -0.4 is 0 Å². The summed E-state index contributed by atoms with van der Waals surface area (Å²) >= 11 is 0. The molecule has 0 N–H and O–H groups in total. The minimum Gasteiger partial charge on any atom is -0.472 e. The number of ether oxygens (including phenoxy) is 1. The number of rotatable bonds is 8. The van der Waals surface area contributed by atoms with Crippen molar-refractivity contribution in [1.29, 1.82) is 0 Å². The van der Waals surface area contributed by atoms with E-state index in [1.165, 1.54) is 12.5 Å². The Labute approximate surface area is 137 Å². The fourth-order valence-electron chi connectivity index (χ4n) is 2.84. The maximum absolute atomic E-state index is 12.6. The highest BCUT2D eigenvalue weighted by molar-refractivity contribution is 5.94. The summed E-state index contributed by atoms with van der Waals surface area (Å²) in [4.78, 5) is 28.3. The number of nitrogens with zero attached hydrogens (tertiary/aromatic N) is 2. The first-order chi connectivity index (χ1) is 11.2. The molecule has 0 aromatic carbocycles. The normalized spacial score (nSPS) is 17.2. The highest BCUT2D eigenvalue weighted by Gasteiger charge is 2.25. The van der Waals surface area contributed by atoms with E-state index in [0.717, 1.165) is 19.4 Å². The third kappa shape index (κ3) is 4.82. The van der Waals surface area contributed by atoms with Crippen molar-refractivity contribution in [2.24, 2.45) is 0 Å². The van der Waals surface area contributed by atoms with Gasteiger partial charge in [0.15, 0.2) is 0 Å². The van der Waals surface area contributed by atoms with Crippen molar-refractivity contribution >= 4 is 11.8 Å². The number of carbonyl (C=O) groups is 2. The van der Waals surface area contributed by atoms with Gasteiger partial charge in [0.05, 0.1) is 17.9 Å². The summed E-state index contributed by atoms with van der Waals surface area (Å²) in [5.41, 5.74) is 0.512. The predicted octanol–water partition coefficient (Wildman–Crippen LogP) is 2.16. The van der Waals surface area contributed by atoms with Crippen molar-refractivity contribution in [2.45, 2.75) is 39.2 Å². The van der Waals surface area contributed by atoms with E-state index >= 15 is 0 Å². The summed E-state index contributed by atoms with van der Waals surface area (Å²) in [6.07, 6.45) is 5.30. The zero-order valence-electron chi connectivity index (χ0n) is 14.0. The van der Waals surface area contributed by atoms with Crippen LogP contribution in [0.3, 0.4) is 0 Å². The van der Waals surface area contributed by atoms with Crippen LogP contribution in [0.15, 0.2) is 23.0 Å². The van der Waals surface area contributed by atoms with Crippen LogP contribution in [0.25, 0.3) is 0 Å². The van der Waals surface area contributed by atoms with Crippen molar-refractivity contribution in [3.63, 3.8) is 0 Å². The molecule has 23 heavy (non-hydrogen) atoms. The van der Waals surface area contributed by atoms with Crippen molar-refractivity contribution in [1.82, 2.24) is 9.80 Å². The van der Waals surface area contributed by atoms with Gasteiger partial charge in [0.25, 0.3) is 5.91 Å². The molecule has 1 fully saturated rings. The fourth-order valence-corrected chi connectivity index (χ4v) is 2.84. The zero-order valence-corrected chi connectivity index (χ0v) is 14.0. The Balaban J connectivity index is 1.98. The Kier molecular flexibility index (Phi) is 6.65. The van der Waals surface area contributed by atoms with Crippen LogP contribution in [-0.2, 0) is 9.53 Å². The second-order valence-electron chi connectivity index (χ2n) is 5.71. The lowest BCUT2D eigenvalue weighted by molar-refractivity contribution is -0.131. The molecule has 0 radical (unpaired) electrons. The lowest BCUT2D eigenvalue weighted by Gasteiger charge is -2.26. The molecule has 1 aromatic rings. The number of hydrogen-bond acceptors (Lipinski definition) is 4. The average molecular weight is 322 g/mol. The van der Waals surface area contributed by atoms with Gasteiger partial charge in [0, 0.05) is 39.2 Å². The first-order valence-corrected chi connectivity index (χ1v) is 8.36. The van der Waals surface area contributed by atoms with E-state index in [4.69, 9.17) is 9.15 Å². The summed E-state index contributed by atoms with van der Waals surface area (Å²) < 4.78 is 10.6. The third-order valence-corrected chi connectivity index (χ3v) is 4.22. The van der Waals surface area contributed by atoms with Gasteiger partial charge < -0.3 is 19.0 Å². The fraction of sp³-hybridized carbons (Fsp3) is 0.647. The summed E-state index contributed by atoms with van der Waals surface area (Å²) in [5.74, 6) is -0.0334. The van der Waals surface area contributed by atoms with Gasteiger partial charge in [-0.3, -0.25) is 9.59 Å². The Morgan fingerprint density at radius 2 is 2.04 bits per heavy atom. The average Bonchev–Trinajstić information content (AvgIpc) is 3.25. The minimum absolute atomic E-state index is 0.0643. The zero-order chi connectivity index (χ0) is 16.7. The first-order valence-electron chi connectivity index (χ1n) is 8.36. The quantitative estimate of drug-likeness (QED) is 0.736. The number of amides is 2. The molecule has 6 nitrogen and oxygen atoms in total. The van der Waals surface area contributed by atoms with Gasteiger partial charge in [0.1, 0.15) is 6.26 Å². The molecule has 0 bridgehead atoms. The van der Waals surface area contributed by atoms with Crippen LogP contribution in [0.2, 0.25) is 0 Å². The molecule has 1 saturated heterocycles. The molecule has 0 aliphatic carbocycles. The Bertz CT molecular complexity index is 491. The molecular weight excluding hydrogens is 296 g/mol. The molecule has 0 saturated carbocycles. The van der Waals surface area contributed by atoms with Crippen molar-refractivity contribution in [3.8, 4) is 0 Å². The van der Waals surface area contributed by atoms with Gasteiger partial charge in [-0.25, -0.2) is 0 Å². The van der Waals surface area contributed by atoms with Crippen molar-refractivity contribution in [3.05, 3.63) is 24.2 Å². The first kappa shape index (κ1) is 17.5. The molecule has 2 rings (SSSR count). The van der Waals surface area contributed by atoms with E-state index in [0.29, 0.717) is 38.2 Å². The smallest absolute Gasteiger partial charge is 0.257 e. The summed E-state index contributed by atoms with van der Waals surface area (Å²) in [5, 5.41) is 0. The van der Waals surface area contributed by atoms with Gasteiger partial charge in [-0.2, -0.15) is 0 Å². The molecule has 0 spiro atoms. The predicted molar refractivity (Wildman–Crippen MR) is 86.1 cm³/mol. The largest absolute Gasteiger partial charge is 0.472 e. The van der Waals surface area contributed by atoms with Gasteiger partial charge in [0.2, 0.25) is 5.91 Å². The molecule has 1 aliphatic heterocycles. The number of carbonyl (C=O) groups excluding carboxylic acids is 2. The molecular formula is C17H26N2O4. The number of furan rings is 1. The van der Waals surface area contributed by atoms with E-state index in [-0.39, 0.29) is 17.9 Å². The van der Waals surface area contributed by atoms with E-state index in [1.54, 1.807) is 15.9 Å². The monoisotopic (exact) mass is 322 g/mol. The van der Waals surface area contributed by atoms with Crippen LogP contribution in [0.5, 0.6) is 0 Å². The van der Waals surface area contributed by atoms with Gasteiger partial charge >= 0.3 is 0 Å². The molecule has 128 valence electrons. The SMILES string of the molecule is CCN(CC)C(=O)CCN(C[C@H]1CCCO1)C(=O)c1ccoc1. The van der Waals surface area contributed by atoms with Crippen LogP contribution in [-0.4, -0.2) is 60.5 Å². The highest BCUT2D eigenvalue weighted by Crippen LogP contribution is 2.16. The lowest BCUT2D eigenvalue weighted by Crippen LogP contribution is -2.40. The standard InChI is InChI=1S/C17H26N2O4/c1-3-18(4-2)16(20)7-9-19(12-15-6-5-10-23-15)17(21)14-8-11-22-13-14/h8,11,13,15H,3-7,9-10,12H2,1-2H3/t15-/m1/s1. The second kappa shape index (κ2) is 8.72. The number of hydrogen-bond donors (Lipinski definition) is 0. The van der Waals surface area contributed by atoms with E-state index in [9.17, 15) is 9.59 Å². The minimum atomic E-state index is -0.110. The summed E-state index contributed by atoms with van der Waals surface area (Å²) in [6, 6.07) is 1.65. The third-order valence-electron chi connectivity index (χ3n) is 4.22. The van der Waals surface area contributed by atoms with Gasteiger partial charge in [-0.1, -0.05) is 0 Å². The van der Waals surface area contributed by atoms with Gasteiger partial charge in [-0.15, -0.1) is 0 Å². The van der Waals surface area contributed by atoms with Crippen molar-refractivity contribution in [2.75, 3.05) is 32.8 Å². The molecule has 1 aromatic heterocycles. The molecule has 0 unspecified atom stereocenters. The molecule has 1 aliphatic rings. The van der Waals surface area contributed by atoms with Crippen LogP contribution in [0, 0.1) is 0 Å². The van der Waals surface area contributed by atoms with Crippen molar-refractivity contribution < 1.29 is 18.7 Å². The highest BCUT2D eigenvalue weighted by atomic mass is 16.5. The van der Waals surface area contributed by atoms with Crippen LogP contribution >= 0.6 is 0 Å². The molecule has 6 heteroatoms. The Hall–Kier alpha value is -1.82. The molecule has 1 atom stereocenters. The maximum atomic E-state index is 12.6. The lowest BCUT2D eigenvalue weighted by atomic mass is 10.2. The topological polar surface area (TPSA) is 63.0 Å². The van der Waals surface area contributed by atoms with E-state index in [1.807, 2.05) is 13.8 Å². The Morgan fingerprint density at radius 1 is 1.26 bits per heavy atom. The van der Waals surface area contributed by atoms with Gasteiger partial charge in [-0.05, 0) is 32.8 Å². The van der Waals surface area contributed by atoms with Crippen LogP contribution in [0.4, 0.5) is 0 Å². The summed E-state index contributed by atoms with van der Waals surface area (Å²) in [6.45, 7) is 6.98. The maximum Gasteiger partial charge on any atom is 0.257 e. The van der Waals surface area contributed by atoms with E-state index < -0.39 is 0 Å². The molecule has 2 amide bonds. The summed E-state index contributed by atoms with van der Waals surface area (Å²) in [7, 11) is 0.